The van der Waals surface area contributed by atoms with Gasteiger partial charge in [0.05, 0.1) is 14.2 Å². The maximum atomic E-state index is 5.27. The van der Waals surface area contributed by atoms with Crippen LogP contribution < -0.4 is 14.4 Å². The number of rotatable bonds is 8. The van der Waals surface area contributed by atoms with Crippen LogP contribution >= 0.6 is 0 Å². The summed E-state index contributed by atoms with van der Waals surface area (Å²) in [5.41, 5.74) is 3.72. The molecule has 0 saturated heterocycles. The van der Waals surface area contributed by atoms with E-state index in [1.807, 2.05) is 30.5 Å². The van der Waals surface area contributed by atoms with Crippen LogP contribution in [0, 0.1) is 0 Å². The largest absolute Gasteiger partial charge is 0.497 e. The van der Waals surface area contributed by atoms with Crippen molar-refractivity contribution in [1.82, 2.24) is 4.98 Å². The minimum absolute atomic E-state index is 0.774. The van der Waals surface area contributed by atoms with Crippen LogP contribution in [0.25, 0.3) is 0 Å². The average Bonchev–Trinajstić information content (AvgIpc) is 2.74. The Morgan fingerprint density at radius 1 is 0.741 bits per heavy atom. The fourth-order valence-corrected chi connectivity index (χ4v) is 2.97. The summed E-state index contributed by atoms with van der Waals surface area (Å²) in [5.74, 6) is 2.72. The summed E-state index contributed by atoms with van der Waals surface area (Å²) in [5, 5.41) is 0. The van der Waals surface area contributed by atoms with E-state index in [1.165, 1.54) is 16.7 Å². The van der Waals surface area contributed by atoms with E-state index in [2.05, 4.69) is 53.2 Å². The zero-order valence-corrected chi connectivity index (χ0v) is 16.2. The molecule has 1 aromatic heterocycles. The highest BCUT2D eigenvalue weighted by Gasteiger charge is 2.11. The molecule has 140 valence electrons. The molecule has 4 nitrogen and oxygen atoms in total. The topological polar surface area (TPSA) is 34.6 Å². The van der Waals surface area contributed by atoms with Crippen molar-refractivity contribution in [2.24, 2.45) is 0 Å². The van der Waals surface area contributed by atoms with Gasteiger partial charge in [0.1, 0.15) is 17.3 Å². The summed E-state index contributed by atoms with van der Waals surface area (Å²) < 4.78 is 10.5. The zero-order valence-electron chi connectivity index (χ0n) is 16.2. The molecule has 4 heteroatoms. The van der Waals surface area contributed by atoms with Gasteiger partial charge in [0, 0.05) is 19.3 Å². The van der Waals surface area contributed by atoms with Gasteiger partial charge in [0.25, 0.3) is 0 Å². The number of methoxy groups -OCH3 is 2. The maximum absolute atomic E-state index is 5.27. The van der Waals surface area contributed by atoms with Crippen molar-refractivity contribution >= 4 is 5.82 Å². The lowest BCUT2D eigenvalue weighted by Crippen LogP contribution is -2.23. The van der Waals surface area contributed by atoms with Gasteiger partial charge in [-0.05, 0) is 59.5 Å². The van der Waals surface area contributed by atoms with E-state index in [0.717, 1.165) is 36.8 Å². The van der Waals surface area contributed by atoms with Crippen molar-refractivity contribution in [2.75, 3.05) is 19.1 Å². The number of hydrogen-bond acceptors (Lipinski definition) is 4. The number of aryl methyl sites for hydroxylation is 1. The lowest BCUT2D eigenvalue weighted by molar-refractivity contribution is 0.414. The van der Waals surface area contributed by atoms with E-state index >= 15 is 0 Å². The van der Waals surface area contributed by atoms with Crippen molar-refractivity contribution in [3.63, 3.8) is 0 Å². The molecule has 1 heterocycles. The number of anilines is 1. The van der Waals surface area contributed by atoms with Gasteiger partial charge >= 0.3 is 0 Å². The molecule has 0 aliphatic carbocycles. The van der Waals surface area contributed by atoms with Crippen LogP contribution in [-0.2, 0) is 19.5 Å². The highest BCUT2D eigenvalue weighted by atomic mass is 16.5. The SMILES string of the molecule is CCc1ccnc(N(Cc2ccc(OC)cc2)Cc2ccc(OC)cc2)c1. The van der Waals surface area contributed by atoms with Crippen LogP contribution in [0.4, 0.5) is 5.82 Å². The highest BCUT2D eigenvalue weighted by Crippen LogP contribution is 2.22. The van der Waals surface area contributed by atoms with Crippen LogP contribution in [-0.4, -0.2) is 19.2 Å². The summed E-state index contributed by atoms with van der Waals surface area (Å²) in [7, 11) is 3.37. The Balaban J connectivity index is 1.86. The molecule has 0 amide bonds. The van der Waals surface area contributed by atoms with Crippen molar-refractivity contribution in [3.05, 3.63) is 83.6 Å². The van der Waals surface area contributed by atoms with E-state index in [-0.39, 0.29) is 0 Å². The third-order valence-corrected chi connectivity index (χ3v) is 4.61. The zero-order chi connectivity index (χ0) is 19.1. The van der Waals surface area contributed by atoms with E-state index in [0.29, 0.717) is 0 Å². The van der Waals surface area contributed by atoms with Crippen molar-refractivity contribution < 1.29 is 9.47 Å². The number of ether oxygens (including phenoxy) is 2. The normalized spacial score (nSPS) is 10.5. The van der Waals surface area contributed by atoms with Gasteiger partial charge in [-0.25, -0.2) is 4.98 Å². The molecule has 0 radical (unpaired) electrons. The molecule has 0 N–H and O–H groups in total. The second-order valence-corrected chi connectivity index (χ2v) is 6.43. The first-order valence-electron chi connectivity index (χ1n) is 9.17. The Kier molecular flexibility index (Phi) is 6.31. The molecule has 0 unspecified atom stereocenters. The first-order chi connectivity index (χ1) is 13.2. The van der Waals surface area contributed by atoms with Crippen LogP contribution in [0.2, 0.25) is 0 Å². The second kappa shape index (κ2) is 9.08. The molecule has 0 aliphatic heterocycles. The summed E-state index contributed by atoms with van der Waals surface area (Å²) in [6.45, 7) is 3.71. The molecule has 0 bridgehead atoms. The summed E-state index contributed by atoms with van der Waals surface area (Å²) in [6, 6.07) is 20.6. The molecule has 2 aromatic carbocycles. The Morgan fingerprint density at radius 3 is 1.70 bits per heavy atom. The number of benzene rings is 2. The molecule has 0 saturated carbocycles. The van der Waals surface area contributed by atoms with E-state index in [1.54, 1.807) is 14.2 Å². The quantitative estimate of drug-likeness (QED) is 0.573. The smallest absolute Gasteiger partial charge is 0.129 e. The lowest BCUT2D eigenvalue weighted by Gasteiger charge is -2.25. The molecule has 27 heavy (non-hydrogen) atoms. The molecule has 0 fully saturated rings. The van der Waals surface area contributed by atoms with Crippen molar-refractivity contribution in [1.29, 1.82) is 0 Å². The number of hydrogen-bond donors (Lipinski definition) is 0. The third kappa shape index (κ3) is 5.00. The molecule has 3 rings (SSSR count). The van der Waals surface area contributed by atoms with Gasteiger partial charge in [-0.1, -0.05) is 31.2 Å². The predicted molar refractivity (Wildman–Crippen MR) is 109 cm³/mol. The summed E-state index contributed by atoms with van der Waals surface area (Å²) in [4.78, 5) is 6.92. The van der Waals surface area contributed by atoms with E-state index < -0.39 is 0 Å². The van der Waals surface area contributed by atoms with Gasteiger partial charge in [0.15, 0.2) is 0 Å². The minimum atomic E-state index is 0.774. The van der Waals surface area contributed by atoms with Gasteiger partial charge in [-0.3, -0.25) is 0 Å². The second-order valence-electron chi connectivity index (χ2n) is 6.43. The molecule has 0 atom stereocenters. The number of aromatic nitrogens is 1. The predicted octanol–water partition coefficient (Wildman–Crippen LogP) is 4.87. The minimum Gasteiger partial charge on any atom is -0.497 e. The molecular weight excluding hydrogens is 336 g/mol. The average molecular weight is 362 g/mol. The fourth-order valence-electron chi connectivity index (χ4n) is 2.97. The molecule has 0 spiro atoms. The van der Waals surface area contributed by atoms with E-state index in [4.69, 9.17) is 9.47 Å². The fraction of sp³-hybridized carbons (Fsp3) is 0.261. The van der Waals surface area contributed by atoms with Crippen LogP contribution in [0.1, 0.15) is 23.6 Å². The first kappa shape index (κ1) is 18.8. The molecular formula is C23H26N2O2. The highest BCUT2D eigenvalue weighted by molar-refractivity contribution is 5.44. The standard InChI is InChI=1S/C23H26N2O2/c1-4-18-13-14-24-23(15-18)25(16-19-5-9-21(26-2)10-6-19)17-20-7-11-22(27-3)12-8-20/h5-15H,4,16-17H2,1-3H3. The Morgan fingerprint density at radius 2 is 1.26 bits per heavy atom. The lowest BCUT2D eigenvalue weighted by atomic mass is 10.1. The van der Waals surface area contributed by atoms with Gasteiger partial charge < -0.3 is 14.4 Å². The first-order valence-corrected chi connectivity index (χ1v) is 9.17. The third-order valence-electron chi connectivity index (χ3n) is 4.61. The molecule has 3 aromatic rings. The van der Waals surface area contributed by atoms with Crippen LogP contribution in [0.5, 0.6) is 11.5 Å². The van der Waals surface area contributed by atoms with Crippen LogP contribution in [0.3, 0.4) is 0 Å². The molecule has 0 aliphatic rings. The van der Waals surface area contributed by atoms with Crippen molar-refractivity contribution in [3.8, 4) is 11.5 Å². The number of pyridine rings is 1. The summed E-state index contributed by atoms with van der Waals surface area (Å²) in [6.07, 6.45) is 2.89. The van der Waals surface area contributed by atoms with Gasteiger partial charge in [-0.2, -0.15) is 0 Å². The van der Waals surface area contributed by atoms with Crippen molar-refractivity contribution in [2.45, 2.75) is 26.4 Å². The maximum Gasteiger partial charge on any atom is 0.129 e. The van der Waals surface area contributed by atoms with E-state index in [9.17, 15) is 0 Å². The number of nitrogens with zero attached hydrogens (tertiary/aromatic N) is 2. The van der Waals surface area contributed by atoms with Crippen LogP contribution in [0.15, 0.2) is 66.9 Å². The Bertz CT molecular complexity index is 796. The van der Waals surface area contributed by atoms with Gasteiger partial charge in [0.2, 0.25) is 0 Å². The van der Waals surface area contributed by atoms with Gasteiger partial charge in [-0.15, -0.1) is 0 Å². The Hall–Kier alpha value is -3.01. The summed E-state index contributed by atoms with van der Waals surface area (Å²) >= 11 is 0. The monoisotopic (exact) mass is 362 g/mol. The Labute approximate surface area is 161 Å².